The number of carbonyl (C=O) groups is 2. The van der Waals surface area contributed by atoms with Gasteiger partial charge in [0.1, 0.15) is 11.9 Å². The Balaban J connectivity index is 1.61. The molecule has 2 amide bonds. The van der Waals surface area contributed by atoms with Crippen molar-refractivity contribution in [3.8, 4) is 0 Å². The third-order valence-corrected chi connectivity index (χ3v) is 6.47. The monoisotopic (exact) mass is 479 g/mol. The van der Waals surface area contributed by atoms with Gasteiger partial charge in [0.15, 0.2) is 9.84 Å². The molecule has 3 aromatic carbocycles. The fourth-order valence-corrected chi connectivity index (χ4v) is 4.27. The molecule has 1 heterocycles. The van der Waals surface area contributed by atoms with E-state index in [-0.39, 0.29) is 22.6 Å². The number of sulfone groups is 1. The number of aromatic nitrogens is 1. The second-order valence-electron chi connectivity index (χ2n) is 7.89. The van der Waals surface area contributed by atoms with E-state index in [0.29, 0.717) is 0 Å². The number of para-hydroxylation sites is 1. The predicted octanol–water partition coefficient (Wildman–Crippen LogP) is 3.69. The number of carbonyl (C=O) groups excluding carboxylic acids is 2. The maximum absolute atomic E-state index is 13.3. The Morgan fingerprint density at radius 2 is 1.74 bits per heavy atom. The summed E-state index contributed by atoms with van der Waals surface area (Å²) in [5.74, 6) is -1.54. The number of H-pyrrole nitrogens is 1. The number of fused-ring (bicyclic) bond motifs is 1. The van der Waals surface area contributed by atoms with Crippen LogP contribution in [0.3, 0.4) is 0 Å². The maximum atomic E-state index is 13.3. The second kappa shape index (κ2) is 9.48. The molecule has 0 saturated heterocycles. The Bertz CT molecular complexity index is 1460. The molecule has 4 aromatic rings. The normalized spacial score (nSPS) is 12.3. The first-order valence-corrected chi connectivity index (χ1v) is 12.3. The number of anilines is 1. The third kappa shape index (κ3) is 5.32. The summed E-state index contributed by atoms with van der Waals surface area (Å²) in [6, 6.07) is 17.5. The summed E-state index contributed by atoms with van der Waals surface area (Å²) in [5, 5.41) is 6.32. The SMILES string of the molecule is CS(=O)(=O)c1cccc(NC(=O)[C@H](Cc2c[nH]c3ccccc23)NC(=O)c2ccc(F)cc2)c1. The zero-order chi connectivity index (χ0) is 24.3. The number of hydrogen-bond donors (Lipinski definition) is 3. The molecule has 0 aliphatic rings. The average Bonchev–Trinajstić information content (AvgIpc) is 3.21. The number of nitrogens with one attached hydrogen (secondary N) is 3. The molecule has 7 nitrogen and oxygen atoms in total. The third-order valence-electron chi connectivity index (χ3n) is 5.36. The van der Waals surface area contributed by atoms with Crippen molar-refractivity contribution in [2.24, 2.45) is 0 Å². The van der Waals surface area contributed by atoms with E-state index in [4.69, 9.17) is 0 Å². The van der Waals surface area contributed by atoms with Crippen LogP contribution in [0, 0.1) is 5.82 Å². The smallest absolute Gasteiger partial charge is 0.251 e. The maximum Gasteiger partial charge on any atom is 0.251 e. The van der Waals surface area contributed by atoms with Crippen molar-refractivity contribution in [3.63, 3.8) is 0 Å². The Hall–Kier alpha value is -3.98. The summed E-state index contributed by atoms with van der Waals surface area (Å²) in [7, 11) is -3.46. The lowest BCUT2D eigenvalue weighted by Gasteiger charge is -2.19. The van der Waals surface area contributed by atoms with Crippen LogP contribution >= 0.6 is 0 Å². The van der Waals surface area contributed by atoms with Crippen LogP contribution in [0.4, 0.5) is 10.1 Å². The average molecular weight is 480 g/mol. The lowest BCUT2D eigenvalue weighted by atomic mass is 10.0. The summed E-state index contributed by atoms with van der Waals surface area (Å²) in [4.78, 5) is 29.2. The van der Waals surface area contributed by atoms with Crippen molar-refractivity contribution in [3.05, 3.63) is 95.9 Å². The minimum Gasteiger partial charge on any atom is -0.361 e. The highest BCUT2D eigenvalue weighted by atomic mass is 32.2. The van der Waals surface area contributed by atoms with Crippen molar-refractivity contribution >= 4 is 38.2 Å². The number of rotatable bonds is 7. The fourth-order valence-electron chi connectivity index (χ4n) is 3.61. The molecule has 0 radical (unpaired) electrons. The first-order valence-electron chi connectivity index (χ1n) is 10.4. The van der Waals surface area contributed by atoms with Gasteiger partial charge in [-0.1, -0.05) is 24.3 Å². The number of hydrogen-bond acceptors (Lipinski definition) is 4. The molecule has 3 N–H and O–H groups in total. The van der Waals surface area contributed by atoms with Crippen molar-refractivity contribution in [2.75, 3.05) is 11.6 Å². The first kappa shape index (κ1) is 23.2. The van der Waals surface area contributed by atoms with Crippen LogP contribution in [-0.2, 0) is 21.1 Å². The van der Waals surface area contributed by atoms with Crippen LogP contribution in [-0.4, -0.2) is 37.5 Å². The highest BCUT2D eigenvalue weighted by Crippen LogP contribution is 2.21. The van der Waals surface area contributed by atoms with Crippen molar-refractivity contribution in [2.45, 2.75) is 17.4 Å². The van der Waals surface area contributed by atoms with Crippen molar-refractivity contribution in [1.29, 1.82) is 0 Å². The summed E-state index contributed by atoms with van der Waals surface area (Å²) in [6.07, 6.45) is 3.03. The van der Waals surface area contributed by atoms with E-state index in [1.165, 1.54) is 42.5 Å². The molecule has 1 aromatic heterocycles. The molecule has 0 spiro atoms. The molecule has 9 heteroatoms. The molecule has 0 aliphatic heterocycles. The molecular weight excluding hydrogens is 457 g/mol. The molecular formula is C25H22FN3O4S. The van der Waals surface area contributed by atoms with E-state index in [1.807, 2.05) is 24.3 Å². The summed E-state index contributed by atoms with van der Waals surface area (Å²) >= 11 is 0. The zero-order valence-corrected chi connectivity index (χ0v) is 19.0. The number of halogens is 1. The van der Waals surface area contributed by atoms with Gasteiger partial charge in [0.25, 0.3) is 5.91 Å². The minimum atomic E-state index is -3.46. The van der Waals surface area contributed by atoms with Gasteiger partial charge in [0.05, 0.1) is 4.90 Å². The quantitative estimate of drug-likeness (QED) is 0.376. The molecule has 0 saturated carbocycles. The van der Waals surface area contributed by atoms with E-state index in [9.17, 15) is 22.4 Å². The fraction of sp³-hybridized carbons (Fsp3) is 0.120. The largest absolute Gasteiger partial charge is 0.361 e. The lowest BCUT2D eigenvalue weighted by Crippen LogP contribution is -2.45. The topological polar surface area (TPSA) is 108 Å². The van der Waals surface area contributed by atoms with Gasteiger partial charge in [-0.3, -0.25) is 9.59 Å². The number of aromatic amines is 1. The van der Waals surface area contributed by atoms with Gasteiger partial charge in [-0.15, -0.1) is 0 Å². The summed E-state index contributed by atoms with van der Waals surface area (Å²) in [5.41, 5.74) is 2.20. The molecule has 0 unspecified atom stereocenters. The van der Waals surface area contributed by atoms with Gasteiger partial charge < -0.3 is 15.6 Å². The Morgan fingerprint density at radius 1 is 1.00 bits per heavy atom. The van der Waals surface area contributed by atoms with Gasteiger partial charge in [-0.25, -0.2) is 12.8 Å². The first-order chi connectivity index (χ1) is 16.2. The van der Waals surface area contributed by atoms with Crippen LogP contribution in [0.15, 0.2) is 83.9 Å². The molecule has 0 fully saturated rings. The van der Waals surface area contributed by atoms with E-state index in [1.54, 1.807) is 12.3 Å². The van der Waals surface area contributed by atoms with Crippen LogP contribution in [0.25, 0.3) is 10.9 Å². The highest BCUT2D eigenvalue weighted by Gasteiger charge is 2.24. The van der Waals surface area contributed by atoms with Crippen LogP contribution in [0.2, 0.25) is 0 Å². The highest BCUT2D eigenvalue weighted by molar-refractivity contribution is 7.90. The Labute approximate surface area is 195 Å². The van der Waals surface area contributed by atoms with Gasteiger partial charge in [-0.2, -0.15) is 0 Å². The number of amides is 2. The van der Waals surface area contributed by atoms with E-state index in [2.05, 4.69) is 15.6 Å². The second-order valence-corrected chi connectivity index (χ2v) is 9.90. The van der Waals surface area contributed by atoms with Crippen molar-refractivity contribution < 1.29 is 22.4 Å². The summed E-state index contributed by atoms with van der Waals surface area (Å²) in [6.45, 7) is 0. The van der Waals surface area contributed by atoms with Crippen LogP contribution in [0.1, 0.15) is 15.9 Å². The molecule has 0 aliphatic carbocycles. The number of benzene rings is 3. The van der Waals surface area contributed by atoms with E-state index in [0.717, 1.165) is 22.7 Å². The van der Waals surface area contributed by atoms with Crippen LogP contribution in [0.5, 0.6) is 0 Å². The Kier molecular flexibility index (Phi) is 6.47. The van der Waals surface area contributed by atoms with Crippen LogP contribution < -0.4 is 10.6 Å². The molecule has 1 atom stereocenters. The van der Waals surface area contributed by atoms with Gasteiger partial charge in [0, 0.05) is 41.0 Å². The molecule has 0 bridgehead atoms. The molecule has 174 valence electrons. The molecule has 4 rings (SSSR count). The van der Waals surface area contributed by atoms with Gasteiger partial charge in [0.2, 0.25) is 5.91 Å². The predicted molar refractivity (Wildman–Crippen MR) is 128 cm³/mol. The Morgan fingerprint density at radius 3 is 2.47 bits per heavy atom. The van der Waals surface area contributed by atoms with Gasteiger partial charge >= 0.3 is 0 Å². The van der Waals surface area contributed by atoms with E-state index < -0.39 is 33.5 Å². The lowest BCUT2D eigenvalue weighted by molar-refractivity contribution is -0.118. The standard InChI is InChI=1S/C25H22FN3O4S/c1-34(32,33)20-6-4-5-19(14-20)28-25(31)23(29-24(30)16-9-11-18(26)12-10-16)13-17-15-27-22-8-3-2-7-21(17)22/h2-12,14-15,23,27H,13H2,1H3,(H,28,31)(H,29,30)/t23-/m0/s1. The van der Waals surface area contributed by atoms with Gasteiger partial charge in [-0.05, 0) is 54.1 Å². The zero-order valence-electron chi connectivity index (χ0n) is 18.2. The molecule has 34 heavy (non-hydrogen) atoms. The summed E-state index contributed by atoms with van der Waals surface area (Å²) < 4.78 is 37.0. The van der Waals surface area contributed by atoms with E-state index >= 15 is 0 Å². The minimum absolute atomic E-state index is 0.0637. The van der Waals surface area contributed by atoms with Crippen molar-refractivity contribution in [1.82, 2.24) is 10.3 Å².